The molecule has 1 rings (SSSR count). The van der Waals surface area contributed by atoms with Gasteiger partial charge in [-0.05, 0) is 18.6 Å². The minimum atomic E-state index is -2.60. The standard InChI is InChI=1S/C11H16IO2P/c1-2-3-9-14-15(13,10-12)11-7-5-4-6-8-11/h4-8H,2-3,9-10H2,1H3. The third kappa shape index (κ3) is 3.89. The third-order valence-electron chi connectivity index (χ3n) is 2.10. The van der Waals surface area contributed by atoms with Crippen LogP contribution < -0.4 is 5.30 Å². The maximum Gasteiger partial charge on any atom is 0.241 e. The smallest absolute Gasteiger partial charge is 0.241 e. The number of hydrogen-bond acceptors (Lipinski definition) is 2. The Bertz CT molecular complexity index is 327. The normalized spacial score (nSPS) is 14.8. The second kappa shape index (κ2) is 6.66. The van der Waals surface area contributed by atoms with E-state index in [-0.39, 0.29) is 0 Å². The highest BCUT2D eigenvalue weighted by atomic mass is 127. The molecule has 0 N–H and O–H groups in total. The average Bonchev–Trinajstić information content (AvgIpc) is 2.30. The van der Waals surface area contributed by atoms with E-state index < -0.39 is 7.37 Å². The van der Waals surface area contributed by atoms with Crippen LogP contribution in [0.15, 0.2) is 30.3 Å². The van der Waals surface area contributed by atoms with E-state index in [1.54, 1.807) is 0 Å². The molecule has 1 aromatic rings. The van der Waals surface area contributed by atoms with Crippen molar-refractivity contribution in [1.29, 1.82) is 0 Å². The predicted octanol–water partition coefficient (Wildman–Crippen LogP) is 3.80. The fraction of sp³-hybridized carbons (Fsp3) is 0.455. The Kier molecular flexibility index (Phi) is 5.87. The van der Waals surface area contributed by atoms with Gasteiger partial charge in [-0.1, -0.05) is 54.1 Å². The molecule has 0 aromatic heterocycles. The number of benzene rings is 1. The molecule has 0 bridgehead atoms. The number of unbranched alkanes of at least 4 members (excludes halogenated alkanes) is 1. The molecule has 1 atom stereocenters. The van der Waals surface area contributed by atoms with Crippen LogP contribution in [0, 0.1) is 0 Å². The first kappa shape index (κ1) is 13.2. The molecule has 0 saturated heterocycles. The summed E-state index contributed by atoms with van der Waals surface area (Å²) < 4.78 is 18.5. The summed E-state index contributed by atoms with van der Waals surface area (Å²) in [6.07, 6.45) is 2.03. The van der Waals surface area contributed by atoms with Gasteiger partial charge in [0.05, 0.1) is 10.8 Å². The molecule has 0 spiro atoms. The maximum atomic E-state index is 12.4. The molecule has 1 unspecified atom stereocenters. The van der Waals surface area contributed by atoms with Gasteiger partial charge in [-0.15, -0.1) is 0 Å². The highest BCUT2D eigenvalue weighted by molar-refractivity contribution is 14.1. The summed E-state index contributed by atoms with van der Waals surface area (Å²) in [5, 5.41) is 0.829. The zero-order valence-electron chi connectivity index (χ0n) is 8.86. The van der Waals surface area contributed by atoms with Crippen molar-refractivity contribution in [3.63, 3.8) is 0 Å². The van der Waals surface area contributed by atoms with Gasteiger partial charge in [0.15, 0.2) is 0 Å². The Morgan fingerprint density at radius 1 is 1.33 bits per heavy atom. The minimum absolute atomic E-state index is 0.540. The summed E-state index contributed by atoms with van der Waals surface area (Å²) in [5.41, 5.74) is 0. The molecule has 4 heteroatoms. The SMILES string of the molecule is CCCCOP(=O)(CI)c1ccccc1. The lowest BCUT2D eigenvalue weighted by atomic mass is 10.4. The minimum Gasteiger partial charge on any atom is -0.325 e. The van der Waals surface area contributed by atoms with Crippen LogP contribution in [0.5, 0.6) is 0 Å². The van der Waals surface area contributed by atoms with E-state index in [0.29, 0.717) is 10.8 Å². The van der Waals surface area contributed by atoms with Crippen molar-refractivity contribution in [2.24, 2.45) is 0 Å². The molecule has 84 valence electrons. The molecular formula is C11H16IO2P. The molecular weight excluding hydrogens is 322 g/mol. The van der Waals surface area contributed by atoms with Crippen LogP contribution in [0.3, 0.4) is 0 Å². The number of hydrogen-bond donors (Lipinski definition) is 0. The Morgan fingerprint density at radius 3 is 2.53 bits per heavy atom. The predicted molar refractivity (Wildman–Crippen MR) is 73.4 cm³/mol. The molecule has 0 fully saturated rings. The van der Waals surface area contributed by atoms with E-state index in [9.17, 15) is 4.57 Å². The van der Waals surface area contributed by atoms with Crippen molar-refractivity contribution in [3.05, 3.63) is 30.3 Å². The van der Waals surface area contributed by atoms with E-state index in [4.69, 9.17) is 4.52 Å². The number of rotatable bonds is 6. The first-order chi connectivity index (χ1) is 7.23. The summed E-state index contributed by atoms with van der Waals surface area (Å²) >= 11 is 2.13. The lowest BCUT2D eigenvalue weighted by Crippen LogP contribution is -2.08. The molecule has 2 nitrogen and oxygen atoms in total. The molecule has 0 aliphatic heterocycles. The van der Waals surface area contributed by atoms with Crippen LogP contribution in [0.4, 0.5) is 0 Å². The van der Waals surface area contributed by atoms with Gasteiger partial charge in [0.1, 0.15) is 0 Å². The van der Waals surface area contributed by atoms with Gasteiger partial charge in [-0.25, -0.2) is 0 Å². The fourth-order valence-corrected chi connectivity index (χ4v) is 4.37. The van der Waals surface area contributed by atoms with E-state index in [2.05, 4.69) is 29.5 Å². The highest BCUT2D eigenvalue weighted by Crippen LogP contribution is 2.47. The molecule has 0 aliphatic rings. The highest BCUT2D eigenvalue weighted by Gasteiger charge is 2.23. The molecule has 1 aromatic carbocycles. The van der Waals surface area contributed by atoms with E-state index in [0.717, 1.165) is 18.1 Å². The number of halogens is 1. The third-order valence-corrected chi connectivity index (χ3v) is 6.80. The van der Waals surface area contributed by atoms with Crippen LogP contribution >= 0.6 is 30.0 Å². The van der Waals surface area contributed by atoms with Crippen LogP contribution in [-0.4, -0.2) is 10.8 Å². The van der Waals surface area contributed by atoms with E-state index in [1.807, 2.05) is 30.3 Å². The lowest BCUT2D eigenvalue weighted by Gasteiger charge is -2.16. The number of alkyl halides is 1. The van der Waals surface area contributed by atoms with Crippen LogP contribution in [-0.2, 0) is 9.09 Å². The molecule has 0 amide bonds. The fourth-order valence-electron chi connectivity index (χ4n) is 1.19. The second-order valence-electron chi connectivity index (χ2n) is 3.32. The summed E-state index contributed by atoms with van der Waals surface area (Å²) in [5.74, 6) is 0. The van der Waals surface area contributed by atoms with E-state index >= 15 is 0 Å². The zero-order valence-corrected chi connectivity index (χ0v) is 11.9. The Morgan fingerprint density at radius 2 is 2.00 bits per heavy atom. The topological polar surface area (TPSA) is 26.3 Å². The van der Waals surface area contributed by atoms with Gasteiger partial charge in [-0.2, -0.15) is 0 Å². The Labute approximate surface area is 105 Å². The second-order valence-corrected chi connectivity index (χ2v) is 7.72. The van der Waals surface area contributed by atoms with E-state index in [1.165, 1.54) is 0 Å². The summed E-state index contributed by atoms with van der Waals surface area (Å²) in [6.45, 7) is 2.69. The largest absolute Gasteiger partial charge is 0.325 e. The van der Waals surface area contributed by atoms with Crippen molar-refractivity contribution in [3.8, 4) is 0 Å². The van der Waals surface area contributed by atoms with Gasteiger partial charge in [-0.3, -0.25) is 4.57 Å². The monoisotopic (exact) mass is 338 g/mol. The van der Waals surface area contributed by atoms with Crippen molar-refractivity contribution in [2.75, 3.05) is 10.8 Å². The molecule has 0 saturated carbocycles. The van der Waals surface area contributed by atoms with Gasteiger partial charge < -0.3 is 4.52 Å². The lowest BCUT2D eigenvalue weighted by molar-refractivity contribution is 0.315. The average molecular weight is 338 g/mol. The zero-order chi connectivity index (χ0) is 11.1. The van der Waals surface area contributed by atoms with Gasteiger partial charge in [0.25, 0.3) is 0 Å². The van der Waals surface area contributed by atoms with Crippen LogP contribution in [0.25, 0.3) is 0 Å². The van der Waals surface area contributed by atoms with Crippen molar-refractivity contribution in [2.45, 2.75) is 19.8 Å². The first-order valence-electron chi connectivity index (χ1n) is 5.08. The van der Waals surface area contributed by atoms with Crippen molar-refractivity contribution < 1.29 is 9.09 Å². The van der Waals surface area contributed by atoms with Gasteiger partial charge in [0, 0.05) is 5.30 Å². The molecule has 0 radical (unpaired) electrons. The van der Waals surface area contributed by atoms with Crippen LogP contribution in [0.2, 0.25) is 0 Å². The van der Waals surface area contributed by atoms with Gasteiger partial charge >= 0.3 is 0 Å². The summed E-state index contributed by atoms with van der Waals surface area (Å²) in [7, 11) is -2.60. The molecule has 15 heavy (non-hydrogen) atoms. The molecule has 0 aliphatic carbocycles. The van der Waals surface area contributed by atoms with Gasteiger partial charge in [0.2, 0.25) is 7.37 Å². The Balaban J connectivity index is 2.73. The molecule has 0 heterocycles. The quantitative estimate of drug-likeness (QED) is 0.341. The first-order valence-corrected chi connectivity index (χ1v) is 8.41. The van der Waals surface area contributed by atoms with Crippen LogP contribution in [0.1, 0.15) is 19.8 Å². The maximum absolute atomic E-state index is 12.4. The Hall–Kier alpha value is 0.140. The summed E-state index contributed by atoms with van der Waals surface area (Å²) in [6, 6.07) is 9.48. The van der Waals surface area contributed by atoms with Crippen molar-refractivity contribution >= 4 is 35.3 Å². The summed E-state index contributed by atoms with van der Waals surface area (Å²) in [4.78, 5) is 0. The van der Waals surface area contributed by atoms with Crippen molar-refractivity contribution in [1.82, 2.24) is 0 Å².